The molecule has 5 heteroatoms. The summed E-state index contributed by atoms with van der Waals surface area (Å²) in [5.41, 5.74) is 0. The summed E-state index contributed by atoms with van der Waals surface area (Å²) in [5.74, 6) is 1.05. The van der Waals surface area contributed by atoms with E-state index < -0.39 is 2.49 Å². The van der Waals surface area contributed by atoms with Gasteiger partial charge in [-0.05, 0) is 0 Å². The van der Waals surface area contributed by atoms with E-state index in [-0.39, 0.29) is 0 Å². The van der Waals surface area contributed by atoms with Gasteiger partial charge >= 0.3 is 158 Å². The number of hydrogen-bond donors (Lipinski definition) is 0. The summed E-state index contributed by atoms with van der Waals surface area (Å²) in [4.78, 5) is 0. The molecule has 0 saturated carbocycles. The summed E-state index contributed by atoms with van der Waals surface area (Å²) in [7, 11) is 0. The summed E-state index contributed by atoms with van der Waals surface area (Å²) in [5, 5.41) is 0. The van der Waals surface area contributed by atoms with Gasteiger partial charge in [-0.3, -0.25) is 0 Å². The van der Waals surface area contributed by atoms with Crippen LogP contribution in [0.25, 0.3) is 0 Å². The second kappa shape index (κ2) is 13.9. The van der Waals surface area contributed by atoms with E-state index in [9.17, 15) is 4.57 Å². The average molecular weight is 450 g/mol. The Balaban J connectivity index is 4.08. The maximum absolute atomic E-state index is 12.4. The van der Waals surface area contributed by atoms with Crippen LogP contribution in [-0.4, -0.2) is 13.2 Å². The van der Waals surface area contributed by atoms with E-state index in [4.69, 9.17) is 9.05 Å². The van der Waals surface area contributed by atoms with Crippen molar-refractivity contribution in [2.75, 3.05) is 13.2 Å². The van der Waals surface area contributed by atoms with Crippen molar-refractivity contribution >= 4 is 2.49 Å². The minimum absolute atomic E-state index is 0.485. The van der Waals surface area contributed by atoms with Gasteiger partial charge in [-0.25, -0.2) is 0 Å². The molecule has 2 unspecified atom stereocenters. The summed E-state index contributed by atoms with van der Waals surface area (Å²) in [6, 6.07) is 0. The molecule has 0 rings (SSSR count). The molecule has 0 saturated heterocycles. The zero-order valence-electron chi connectivity index (χ0n) is 14.4. The van der Waals surface area contributed by atoms with E-state index in [1.807, 2.05) is 0 Å². The van der Waals surface area contributed by atoms with E-state index in [0.717, 1.165) is 12.8 Å². The Morgan fingerprint density at radius 2 is 1.24 bits per heavy atom. The maximum atomic E-state index is 12.4. The fourth-order valence-corrected chi connectivity index (χ4v) is 4.56. The van der Waals surface area contributed by atoms with Gasteiger partial charge in [0.05, 0.1) is 0 Å². The molecule has 0 amide bonds. The summed E-state index contributed by atoms with van der Waals surface area (Å²) >= 11 is 0.485. The Hall–Kier alpha value is 1.50. The molecule has 0 aliphatic rings. The minimum atomic E-state index is -2.75. The second-order valence-electron chi connectivity index (χ2n) is 5.92. The van der Waals surface area contributed by atoms with E-state index in [2.05, 4.69) is 27.7 Å². The fourth-order valence-electron chi connectivity index (χ4n) is 2.24. The Morgan fingerprint density at radius 3 is 1.52 bits per heavy atom. The molecule has 125 valence electrons. The number of rotatable bonds is 14. The Morgan fingerprint density at radius 1 is 0.857 bits per heavy atom. The van der Waals surface area contributed by atoms with Crippen LogP contribution < -0.4 is 0 Å². The standard InChI is InChI=1S/C16H34O3P.Nd/c1-5-9-11-15(7-3)13-18-20(17)19-14-16(8-4)12-10-6-2;/h15-16H,5-14H2,1-4H3;/q+1;-1. The van der Waals surface area contributed by atoms with Crippen LogP contribution in [0.1, 0.15) is 79.1 Å². The summed E-state index contributed by atoms with van der Waals surface area (Å²) in [6.07, 6.45) is 9.39. The van der Waals surface area contributed by atoms with Gasteiger partial charge < -0.3 is 0 Å². The van der Waals surface area contributed by atoms with Crippen LogP contribution in [-0.2, 0) is 13.6 Å². The van der Waals surface area contributed by atoms with Crippen molar-refractivity contribution in [2.45, 2.75) is 79.1 Å². The predicted octanol–water partition coefficient (Wildman–Crippen LogP) is 6.11. The molecule has 0 N–H and O–H groups in total. The number of unbranched alkanes of at least 4 members (excludes halogenated alkanes) is 2. The zero-order valence-corrected chi connectivity index (χ0v) is 18.5. The third-order valence-electron chi connectivity index (χ3n) is 4.05. The van der Waals surface area contributed by atoms with Crippen LogP contribution in [0.2, 0.25) is 0 Å². The molecule has 0 fully saturated rings. The molecule has 0 bridgehead atoms. The third kappa shape index (κ3) is 12.6. The first kappa shape index (κ1) is 22.5. The van der Waals surface area contributed by atoms with Crippen LogP contribution in [0.15, 0.2) is 0 Å². The van der Waals surface area contributed by atoms with Gasteiger partial charge in [-0.2, -0.15) is 0 Å². The van der Waals surface area contributed by atoms with E-state index in [0.29, 0.717) is 63.1 Å². The molecule has 0 aromatic rings. The van der Waals surface area contributed by atoms with Crippen molar-refractivity contribution in [3.05, 3.63) is 0 Å². The topological polar surface area (TPSA) is 35.5 Å². The van der Waals surface area contributed by atoms with Crippen LogP contribution in [0.4, 0.5) is 0 Å². The fraction of sp³-hybridized carbons (Fsp3) is 1.00. The molecule has 0 aliphatic heterocycles. The molecule has 0 spiro atoms. The first-order chi connectivity index (χ1) is 9.99. The molecule has 2 atom stereocenters. The van der Waals surface area contributed by atoms with Gasteiger partial charge in [0.1, 0.15) is 0 Å². The van der Waals surface area contributed by atoms with Crippen molar-refractivity contribution < 1.29 is 51.6 Å². The Labute approximate surface area is 157 Å². The summed E-state index contributed by atoms with van der Waals surface area (Å²) < 4.78 is 21.0. The molecular weight excluding hydrogens is 415 g/mol. The van der Waals surface area contributed by atoms with E-state index >= 15 is 0 Å². The third-order valence-corrected chi connectivity index (χ3v) is 7.51. The Bertz CT molecular complexity index is 263. The molecule has 0 aromatic carbocycles. The van der Waals surface area contributed by atoms with Crippen LogP contribution in [0.3, 0.4) is 0 Å². The Kier molecular flexibility index (Phi) is 14.9. The van der Waals surface area contributed by atoms with Gasteiger partial charge in [-0.15, -0.1) is 0 Å². The van der Waals surface area contributed by atoms with Crippen molar-refractivity contribution in [3.63, 3.8) is 0 Å². The van der Waals surface area contributed by atoms with Crippen molar-refractivity contribution in [3.8, 4) is 0 Å². The van der Waals surface area contributed by atoms with Gasteiger partial charge in [0.15, 0.2) is 0 Å². The van der Waals surface area contributed by atoms with Gasteiger partial charge in [0.25, 0.3) is 0 Å². The normalized spacial score (nSPS) is 17.3. The molecule has 0 heterocycles. The predicted molar refractivity (Wildman–Crippen MR) is 86.1 cm³/mol. The molecule has 0 aliphatic carbocycles. The monoisotopic (exact) mass is 447 g/mol. The molecule has 3 nitrogen and oxygen atoms in total. The molecule has 0 radical (unpaired) electrons. The SMILES string of the molecule is CCCCC(CC)CO[P](=O)([Nd])OCC(CC)CCCC. The second-order valence-corrected chi connectivity index (χ2v) is 12.7. The first-order valence-electron chi connectivity index (χ1n) is 8.63. The van der Waals surface area contributed by atoms with Crippen molar-refractivity contribution in [1.29, 1.82) is 0 Å². The van der Waals surface area contributed by atoms with Crippen LogP contribution in [0, 0.1) is 49.8 Å². The first-order valence-corrected chi connectivity index (χ1v) is 14.5. The zero-order chi connectivity index (χ0) is 16.1. The summed E-state index contributed by atoms with van der Waals surface area (Å²) in [6.45, 7) is 9.97. The van der Waals surface area contributed by atoms with Gasteiger partial charge in [-0.1, -0.05) is 0 Å². The number of hydrogen-bond acceptors (Lipinski definition) is 3. The van der Waals surface area contributed by atoms with Crippen molar-refractivity contribution in [1.82, 2.24) is 0 Å². The molecular formula is C16H34NdO3P. The van der Waals surface area contributed by atoms with Gasteiger partial charge in [0.2, 0.25) is 0 Å². The van der Waals surface area contributed by atoms with Crippen molar-refractivity contribution in [2.24, 2.45) is 11.8 Å². The quantitative estimate of drug-likeness (QED) is 0.300. The molecule has 0 aromatic heterocycles. The average Bonchev–Trinajstić information content (AvgIpc) is 2.47. The molecule has 21 heavy (non-hydrogen) atoms. The van der Waals surface area contributed by atoms with E-state index in [1.54, 1.807) is 0 Å². The van der Waals surface area contributed by atoms with Crippen LogP contribution in [0.5, 0.6) is 0 Å². The van der Waals surface area contributed by atoms with Crippen LogP contribution >= 0.6 is 2.49 Å². The van der Waals surface area contributed by atoms with E-state index in [1.165, 1.54) is 38.5 Å². The van der Waals surface area contributed by atoms with Gasteiger partial charge in [0, 0.05) is 0 Å².